The minimum Gasteiger partial charge on any atom is -0.465 e. The van der Waals surface area contributed by atoms with E-state index < -0.39 is 17.3 Å². The van der Waals surface area contributed by atoms with Crippen molar-refractivity contribution in [3.8, 4) is 6.07 Å². The lowest BCUT2D eigenvalue weighted by Crippen LogP contribution is -2.38. The Balaban J connectivity index is 2.61. The van der Waals surface area contributed by atoms with Gasteiger partial charge in [-0.1, -0.05) is 60.7 Å². The maximum Gasteiger partial charge on any atom is 0.324 e. The van der Waals surface area contributed by atoms with Crippen LogP contribution >= 0.6 is 0 Å². The van der Waals surface area contributed by atoms with Gasteiger partial charge in [-0.15, -0.1) is 0 Å². The van der Waals surface area contributed by atoms with Crippen molar-refractivity contribution >= 4 is 5.97 Å². The van der Waals surface area contributed by atoms with Crippen molar-refractivity contribution in [1.29, 1.82) is 5.26 Å². The van der Waals surface area contributed by atoms with E-state index in [2.05, 4.69) is 6.07 Å². The largest absolute Gasteiger partial charge is 0.465 e. The first-order valence-corrected chi connectivity index (χ1v) is 7.32. The third kappa shape index (κ3) is 2.87. The minimum absolute atomic E-state index is 0.261. The van der Waals surface area contributed by atoms with Gasteiger partial charge >= 0.3 is 5.97 Å². The van der Waals surface area contributed by atoms with Crippen LogP contribution in [-0.4, -0.2) is 12.6 Å². The molecule has 2 aromatic rings. The van der Waals surface area contributed by atoms with Crippen LogP contribution in [0.2, 0.25) is 0 Å². The summed E-state index contributed by atoms with van der Waals surface area (Å²) < 4.78 is 5.12. The Labute approximate surface area is 131 Å². The first kappa shape index (κ1) is 15.8. The summed E-state index contributed by atoms with van der Waals surface area (Å²) in [4.78, 5) is 12.3. The van der Waals surface area contributed by atoms with E-state index in [0.717, 1.165) is 11.1 Å². The minimum atomic E-state index is -0.905. The molecule has 2 aromatic carbocycles. The molecule has 0 saturated heterocycles. The fourth-order valence-electron chi connectivity index (χ4n) is 2.71. The van der Waals surface area contributed by atoms with Crippen molar-refractivity contribution in [3.05, 3.63) is 71.8 Å². The zero-order chi connectivity index (χ0) is 16.0. The molecular formula is C19H19NO2. The summed E-state index contributed by atoms with van der Waals surface area (Å²) in [5.74, 6) is -1.39. The molecule has 0 aliphatic heterocycles. The van der Waals surface area contributed by atoms with Gasteiger partial charge in [0, 0.05) is 5.41 Å². The second-order valence-corrected chi connectivity index (χ2v) is 5.25. The zero-order valence-corrected chi connectivity index (χ0v) is 12.8. The Morgan fingerprint density at radius 1 is 1.09 bits per heavy atom. The molecule has 0 spiro atoms. The predicted molar refractivity (Wildman–Crippen MR) is 85.1 cm³/mol. The van der Waals surface area contributed by atoms with Gasteiger partial charge in [0.15, 0.2) is 5.92 Å². The number of esters is 1. The molecule has 0 aliphatic rings. The number of carbonyl (C=O) groups excluding carboxylic acids is 1. The highest BCUT2D eigenvalue weighted by molar-refractivity contribution is 5.78. The molecule has 0 radical (unpaired) electrons. The molecular weight excluding hydrogens is 274 g/mol. The van der Waals surface area contributed by atoms with Gasteiger partial charge in [0.25, 0.3) is 0 Å². The fraction of sp³-hybridized carbons (Fsp3) is 0.263. The molecule has 0 saturated carbocycles. The number of ether oxygens (including phenoxy) is 1. The Bertz CT molecular complexity index is 619. The van der Waals surface area contributed by atoms with Crippen molar-refractivity contribution in [2.24, 2.45) is 5.92 Å². The number of nitriles is 1. The van der Waals surface area contributed by atoms with E-state index in [1.54, 1.807) is 6.92 Å². The Hall–Kier alpha value is -2.60. The second kappa shape index (κ2) is 6.91. The Morgan fingerprint density at radius 3 is 1.91 bits per heavy atom. The molecule has 22 heavy (non-hydrogen) atoms. The van der Waals surface area contributed by atoms with Gasteiger partial charge in [0.05, 0.1) is 12.7 Å². The molecule has 0 amide bonds. The van der Waals surface area contributed by atoms with Gasteiger partial charge in [0.1, 0.15) is 0 Å². The standard InChI is InChI=1S/C19H19NO2/c1-3-22-18(21)17(14-20)19(2,15-10-6-4-7-11-15)16-12-8-5-9-13-16/h4-13,17H,3H2,1-2H3. The van der Waals surface area contributed by atoms with Gasteiger partial charge in [-0.25, -0.2) is 0 Å². The maximum absolute atomic E-state index is 12.3. The lowest BCUT2D eigenvalue weighted by molar-refractivity contribution is -0.147. The number of benzene rings is 2. The van der Waals surface area contributed by atoms with Crippen LogP contribution in [0.5, 0.6) is 0 Å². The van der Waals surface area contributed by atoms with E-state index in [1.165, 1.54) is 0 Å². The monoisotopic (exact) mass is 293 g/mol. The molecule has 2 rings (SSSR count). The second-order valence-electron chi connectivity index (χ2n) is 5.25. The van der Waals surface area contributed by atoms with E-state index in [9.17, 15) is 10.1 Å². The molecule has 0 N–H and O–H groups in total. The van der Waals surface area contributed by atoms with E-state index in [-0.39, 0.29) is 6.61 Å². The predicted octanol–water partition coefficient (Wildman–Crippen LogP) is 3.70. The van der Waals surface area contributed by atoms with Crippen molar-refractivity contribution < 1.29 is 9.53 Å². The summed E-state index contributed by atoms with van der Waals surface area (Å²) >= 11 is 0. The molecule has 0 aromatic heterocycles. The molecule has 112 valence electrons. The smallest absolute Gasteiger partial charge is 0.324 e. The Kier molecular flexibility index (Phi) is 4.95. The average molecular weight is 293 g/mol. The van der Waals surface area contributed by atoms with Crippen LogP contribution in [0.1, 0.15) is 25.0 Å². The normalized spacial score (nSPS) is 12.2. The van der Waals surface area contributed by atoms with E-state index >= 15 is 0 Å². The third-order valence-electron chi connectivity index (χ3n) is 3.98. The van der Waals surface area contributed by atoms with Crippen molar-refractivity contribution in [2.45, 2.75) is 19.3 Å². The summed E-state index contributed by atoms with van der Waals surface area (Å²) in [6, 6.07) is 21.4. The first-order chi connectivity index (χ1) is 10.6. The number of hydrogen-bond donors (Lipinski definition) is 0. The van der Waals surface area contributed by atoms with E-state index in [4.69, 9.17) is 4.74 Å². The summed E-state index contributed by atoms with van der Waals surface area (Å²) in [6.07, 6.45) is 0. The van der Waals surface area contributed by atoms with Crippen LogP contribution in [0, 0.1) is 17.2 Å². The number of hydrogen-bond acceptors (Lipinski definition) is 3. The molecule has 1 atom stereocenters. The van der Waals surface area contributed by atoms with Gasteiger partial charge in [-0.2, -0.15) is 5.26 Å². The van der Waals surface area contributed by atoms with Crippen LogP contribution < -0.4 is 0 Å². The lowest BCUT2D eigenvalue weighted by Gasteiger charge is -2.33. The van der Waals surface area contributed by atoms with Crippen molar-refractivity contribution in [2.75, 3.05) is 6.61 Å². The molecule has 1 unspecified atom stereocenters. The molecule has 0 aliphatic carbocycles. The summed E-state index contributed by atoms with van der Waals surface area (Å²) in [5.41, 5.74) is 1.07. The third-order valence-corrected chi connectivity index (χ3v) is 3.98. The highest BCUT2D eigenvalue weighted by Gasteiger charge is 2.43. The quantitative estimate of drug-likeness (QED) is 0.790. The fourth-order valence-corrected chi connectivity index (χ4v) is 2.71. The van der Waals surface area contributed by atoms with Gasteiger partial charge < -0.3 is 4.74 Å². The van der Waals surface area contributed by atoms with E-state index in [0.29, 0.717) is 0 Å². The zero-order valence-electron chi connectivity index (χ0n) is 12.8. The maximum atomic E-state index is 12.3. The summed E-state index contributed by atoms with van der Waals surface area (Å²) in [6.45, 7) is 3.92. The van der Waals surface area contributed by atoms with Crippen molar-refractivity contribution in [1.82, 2.24) is 0 Å². The number of rotatable bonds is 5. The van der Waals surface area contributed by atoms with Gasteiger partial charge in [-0.05, 0) is 25.0 Å². The van der Waals surface area contributed by atoms with Gasteiger partial charge in [-0.3, -0.25) is 4.79 Å². The van der Waals surface area contributed by atoms with Crippen LogP contribution in [0.3, 0.4) is 0 Å². The molecule has 0 heterocycles. The van der Waals surface area contributed by atoms with Crippen LogP contribution in [-0.2, 0) is 14.9 Å². The topological polar surface area (TPSA) is 50.1 Å². The van der Waals surface area contributed by atoms with E-state index in [1.807, 2.05) is 67.6 Å². The summed E-state index contributed by atoms with van der Waals surface area (Å²) in [5, 5.41) is 9.63. The number of carbonyl (C=O) groups is 1. The molecule has 0 fully saturated rings. The van der Waals surface area contributed by atoms with Crippen LogP contribution in [0.15, 0.2) is 60.7 Å². The lowest BCUT2D eigenvalue weighted by atomic mass is 9.67. The van der Waals surface area contributed by atoms with Crippen LogP contribution in [0.25, 0.3) is 0 Å². The Morgan fingerprint density at radius 2 is 1.55 bits per heavy atom. The summed E-state index contributed by atoms with van der Waals surface area (Å²) in [7, 11) is 0. The van der Waals surface area contributed by atoms with Crippen LogP contribution in [0.4, 0.5) is 0 Å². The van der Waals surface area contributed by atoms with Crippen molar-refractivity contribution in [3.63, 3.8) is 0 Å². The first-order valence-electron chi connectivity index (χ1n) is 7.32. The molecule has 3 nitrogen and oxygen atoms in total. The number of nitrogens with zero attached hydrogens (tertiary/aromatic N) is 1. The molecule has 0 bridgehead atoms. The SMILES string of the molecule is CCOC(=O)C(C#N)C(C)(c1ccccc1)c1ccccc1. The highest BCUT2D eigenvalue weighted by Crippen LogP contribution is 2.39. The molecule has 3 heteroatoms. The highest BCUT2D eigenvalue weighted by atomic mass is 16.5. The van der Waals surface area contributed by atoms with Gasteiger partial charge in [0.2, 0.25) is 0 Å². The average Bonchev–Trinajstić information content (AvgIpc) is 2.57.